The molecule has 0 aliphatic heterocycles. The maximum atomic E-state index is 11.7. The van der Waals surface area contributed by atoms with Crippen LogP contribution in [0.4, 0.5) is 0 Å². The first-order valence-corrected chi connectivity index (χ1v) is 39.2. The van der Waals surface area contributed by atoms with Crippen LogP contribution in [-0.4, -0.2) is 88.9 Å². The number of esters is 2. The molecule has 9 fully saturated rings. The molecule has 13 nitrogen and oxygen atoms in total. The lowest BCUT2D eigenvalue weighted by Crippen LogP contribution is -2.52. The molecular formula is C87H124N6O7. The highest BCUT2D eigenvalue weighted by Crippen LogP contribution is 2.67. The Morgan fingerprint density at radius 1 is 0.490 bits per heavy atom. The Morgan fingerprint density at radius 3 is 1.32 bits per heavy atom. The molecule has 9 aliphatic carbocycles. The monoisotopic (exact) mass is 1360 g/mol. The van der Waals surface area contributed by atoms with Crippen LogP contribution in [0.15, 0.2) is 128 Å². The van der Waals surface area contributed by atoms with Crippen LogP contribution in [0.3, 0.4) is 0 Å². The van der Waals surface area contributed by atoms with E-state index in [0.717, 1.165) is 80.1 Å². The molecule has 0 saturated heterocycles. The first-order valence-electron chi connectivity index (χ1n) is 39.2. The second kappa shape index (κ2) is 30.1. The van der Waals surface area contributed by atoms with Crippen molar-refractivity contribution in [2.24, 2.45) is 115 Å². The molecule has 13 heteroatoms. The number of nitrogens with one attached hydrogen (secondary N) is 1. The van der Waals surface area contributed by atoms with Gasteiger partial charge >= 0.3 is 11.9 Å². The van der Waals surface area contributed by atoms with Gasteiger partial charge in [-0.25, -0.2) is 15.0 Å². The summed E-state index contributed by atoms with van der Waals surface area (Å²) in [5.74, 6) is 7.07. The largest absolute Gasteiger partial charge is 0.466 e. The maximum Gasteiger partial charge on any atom is 0.302 e. The van der Waals surface area contributed by atoms with E-state index in [9.17, 15) is 24.9 Å². The fourth-order valence-electron chi connectivity index (χ4n) is 23.8. The number of aliphatic hydroxyl groups is 3. The number of rotatable bonds is 13. The van der Waals surface area contributed by atoms with Gasteiger partial charge < -0.3 is 38.9 Å². The molecule has 3 heterocycles. The van der Waals surface area contributed by atoms with Crippen molar-refractivity contribution in [3.05, 3.63) is 128 Å². The van der Waals surface area contributed by atoms with Gasteiger partial charge in [0.25, 0.3) is 0 Å². The fraction of sp³-hybridized carbons (Fsp3) is 0.667. The lowest BCUT2D eigenvalue weighted by atomic mass is 9.49. The van der Waals surface area contributed by atoms with Gasteiger partial charge in [0.05, 0.1) is 71.4 Å². The normalized spacial score (nSPS) is 38.5. The smallest absolute Gasteiger partial charge is 0.302 e. The van der Waals surface area contributed by atoms with E-state index >= 15 is 0 Å². The third-order valence-electron chi connectivity index (χ3n) is 30.4. The van der Waals surface area contributed by atoms with E-state index in [1.54, 1.807) is 13.3 Å². The molecule has 9 saturated carbocycles. The van der Waals surface area contributed by atoms with Crippen molar-refractivity contribution in [1.29, 1.82) is 0 Å². The second-order valence-corrected chi connectivity index (χ2v) is 35.4. The number of carbonyl (C=O) groups excluding carboxylic acids is 2. The van der Waals surface area contributed by atoms with Gasteiger partial charge in [0.2, 0.25) is 0 Å². The van der Waals surface area contributed by atoms with Crippen LogP contribution in [0.2, 0.25) is 0 Å². The molecular weight excluding hydrogens is 1240 g/mol. The summed E-state index contributed by atoms with van der Waals surface area (Å²) in [4.78, 5) is 39.6. The molecule has 0 bridgehead atoms. The quantitative estimate of drug-likeness (QED) is 0.0643. The first kappa shape index (κ1) is 73.8. The number of aromatic nitrogens is 6. The number of para-hydroxylation sites is 6. The van der Waals surface area contributed by atoms with Crippen LogP contribution in [-0.2, 0) is 32.2 Å². The number of hydrogen-bond acceptors (Lipinski definition) is 10. The number of H-pyrrole nitrogens is 1. The molecule has 3 aromatic heterocycles. The van der Waals surface area contributed by atoms with E-state index in [0.29, 0.717) is 90.1 Å². The molecule has 0 spiro atoms. The Hall–Kier alpha value is -5.89. The van der Waals surface area contributed by atoms with Gasteiger partial charge in [-0.2, -0.15) is 0 Å². The molecule has 3 aromatic carbocycles. The minimum Gasteiger partial charge on any atom is -0.466 e. The number of aromatic amines is 1. The van der Waals surface area contributed by atoms with Gasteiger partial charge in [-0.15, -0.1) is 0 Å². The average molecular weight is 1370 g/mol. The highest BCUT2D eigenvalue weighted by atomic mass is 16.5. The molecule has 0 unspecified atom stereocenters. The predicted molar refractivity (Wildman–Crippen MR) is 402 cm³/mol. The SMILES string of the molecule is C=C1CC[C@H]2[C@H](CO)[C@@H]([C@@]3(C)CC[C@H](C)C[C@@H]3COC(C)=O)CC[C@]12C.C=C1CC[C@H]2[C@H](Cn3cnc4ccccc43)[C@@H]([C@@]3(C)CC[C@H](C)C[C@@H]3COC(C)=O)CC[C@]12C.C=C1CC[C@H]2[C@H](Cn3cnc4ccccc43)[C@@H]([C@@]3(C)CC[C@H](O)C[C@@H]3CO)CC[C@]12C.c1ccc2[nH]cnc2c1. The lowest BCUT2D eigenvalue weighted by molar-refractivity contribution is -0.149. The maximum absolute atomic E-state index is 11.7. The van der Waals surface area contributed by atoms with Crippen molar-refractivity contribution in [1.82, 2.24) is 29.1 Å². The summed E-state index contributed by atoms with van der Waals surface area (Å²) in [7, 11) is 0. The Morgan fingerprint density at radius 2 is 0.890 bits per heavy atom. The van der Waals surface area contributed by atoms with E-state index < -0.39 is 0 Å². The van der Waals surface area contributed by atoms with Crippen molar-refractivity contribution >= 4 is 45.0 Å². The fourth-order valence-corrected chi connectivity index (χ4v) is 23.8. The Bertz CT molecular complexity index is 3820. The second-order valence-electron chi connectivity index (χ2n) is 35.4. The summed E-state index contributed by atoms with van der Waals surface area (Å²) in [5.41, 5.74) is 12.1. The van der Waals surface area contributed by atoms with Gasteiger partial charge in [0.15, 0.2) is 0 Å². The molecule has 15 rings (SSSR count). The first-order chi connectivity index (χ1) is 47.8. The highest BCUT2D eigenvalue weighted by Gasteiger charge is 2.60. The molecule has 544 valence electrons. The summed E-state index contributed by atoms with van der Waals surface area (Å²) in [6, 6.07) is 24.9. The number of imidazole rings is 3. The van der Waals surface area contributed by atoms with Crippen molar-refractivity contribution in [3.63, 3.8) is 0 Å². The summed E-state index contributed by atoms with van der Waals surface area (Å²) < 4.78 is 15.9. The van der Waals surface area contributed by atoms with Crippen LogP contribution in [0.5, 0.6) is 0 Å². The van der Waals surface area contributed by atoms with Crippen LogP contribution in [0, 0.1) is 115 Å². The van der Waals surface area contributed by atoms with Crippen molar-refractivity contribution < 1.29 is 34.4 Å². The third-order valence-corrected chi connectivity index (χ3v) is 30.4. The number of fused-ring (bicyclic) bond motifs is 6. The molecule has 0 amide bonds. The van der Waals surface area contributed by atoms with Crippen LogP contribution in [0.1, 0.15) is 204 Å². The van der Waals surface area contributed by atoms with Gasteiger partial charge in [-0.05, 0) is 274 Å². The molecule has 9 aliphatic rings. The van der Waals surface area contributed by atoms with E-state index in [1.165, 1.54) is 125 Å². The minimum atomic E-state index is -0.263. The van der Waals surface area contributed by atoms with Gasteiger partial charge in [-0.1, -0.05) is 141 Å². The lowest BCUT2D eigenvalue weighted by Gasteiger charge is -2.57. The molecule has 0 radical (unpaired) electrons. The van der Waals surface area contributed by atoms with Crippen molar-refractivity contribution in [3.8, 4) is 0 Å². The predicted octanol–water partition coefficient (Wildman–Crippen LogP) is 18.8. The number of carbonyl (C=O) groups is 2. The van der Waals surface area contributed by atoms with E-state index in [4.69, 9.17) is 14.5 Å². The van der Waals surface area contributed by atoms with Gasteiger partial charge in [0.1, 0.15) is 0 Å². The van der Waals surface area contributed by atoms with Crippen LogP contribution >= 0.6 is 0 Å². The topological polar surface area (TPSA) is 178 Å². The molecule has 100 heavy (non-hydrogen) atoms. The number of hydrogen-bond donors (Lipinski definition) is 4. The number of aliphatic hydroxyl groups excluding tert-OH is 3. The Labute approximate surface area is 598 Å². The highest BCUT2D eigenvalue weighted by molar-refractivity contribution is 5.76. The zero-order valence-corrected chi connectivity index (χ0v) is 62.7. The number of allylic oxidation sites excluding steroid dienone is 3. The van der Waals surface area contributed by atoms with Gasteiger partial charge in [-0.3, -0.25) is 9.59 Å². The molecule has 4 N–H and O–H groups in total. The minimum absolute atomic E-state index is 0.0697. The Kier molecular flexibility index (Phi) is 22.2. The number of ether oxygens (including phenoxy) is 2. The summed E-state index contributed by atoms with van der Waals surface area (Å²) in [5, 5.41) is 31.0. The third kappa shape index (κ3) is 14.2. The number of benzene rings is 3. The summed E-state index contributed by atoms with van der Waals surface area (Å²) in [6.45, 7) is 39.4. The summed E-state index contributed by atoms with van der Waals surface area (Å²) in [6.07, 6.45) is 29.7. The van der Waals surface area contributed by atoms with Crippen molar-refractivity contribution in [2.75, 3.05) is 26.4 Å². The Balaban J connectivity index is 0.000000134. The van der Waals surface area contributed by atoms with E-state index in [1.807, 2.05) is 30.6 Å². The van der Waals surface area contributed by atoms with Gasteiger partial charge in [0, 0.05) is 40.2 Å². The molecule has 21 atom stereocenters. The zero-order valence-electron chi connectivity index (χ0n) is 62.7. The van der Waals surface area contributed by atoms with Crippen LogP contribution in [0.25, 0.3) is 33.1 Å². The van der Waals surface area contributed by atoms with Crippen molar-refractivity contribution in [2.45, 2.75) is 223 Å². The summed E-state index contributed by atoms with van der Waals surface area (Å²) >= 11 is 0. The standard InChI is InChI=1S/C30H42N2O2.C27H38N2O2.C23H38O3.C7H6N2/c1-20-12-14-30(5,23(16-20)18-34-22(3)33)26-13-15-29(4)21(2)10-11-25(29)24(26)17-32-19-31-27-8-6-7-9-28(27)32;1-18-8-9-22-21(15-29-17-28-24-6-4-5-7-25(24)29)23(11-13-26(18,22)2)27(3)12-10-20(31)14-19(27)16-30;1-15-8-10-23(5,18(12-15)14-26-17(3)25)21-9-11-22(4)16(2)6-7-20(22)19(21)13-24;1-2-4-7-6(3-1)8-5-9-7/h6-9,19-20,23-26H,2,10-18H2,1,3-5H3;4-7,17,19-23,30-31H,1,8-16H2,2-3H3;15,18-21,24H,2,6-14H2,1,3-5H3;1-5H,(H,8,9)/t20-,23+,24-,25-,26-,29+,30-;19-,20+,21+,22+,23+,26-,27+;15-,18+,19-,20-,21-,22+,23-;/m010./s1. The molecule has 6 aromatic rings. The van der Waals surface area contributed by atoms with E-state index in [-0.39, 0.29) is 69.7 Å². The van der Waals surface area contributed by atoms with Crippen LogP contribution < -0.4 is 0 Å². The average Bonchev–Trinajstić information content (AvgIpc) is 1.30. The number of nitrogens with zero attached hydrogens (tertiary/aromatic N) is 5. The zero-order chi connectivity index (χ0) is 71.1. The van der Waals surface area contributed by atoms with E-state index in [2.05, 4.69) is 154 Å².